The number of nitrogens with one attached hydrogen (secondary N) is 1. The van der Waals surface area contributed by atoms with Gasteiger partial charge in [-0.2, -0.15) is 0 Å². The molecule has 0 saturated carbocycles. The molecular formula is C22H20N2O2. The third-order valence-electron chi connectivity index (χ3n) is 4.21. The third kappa shape index (κ3) is 3.76. The van der Waals surface area contributed by atoms with Gasteiger partial charge in [-0.15, -0.1) is 0 Å². The summed E-state index contributed by atoms with van der Waals surface area (Å²) in [5.74, 6) is 2.53. The van der Waals surface area contributed by atoms with E-state index in [9.17, 15) is 0 Å². The second-order valence-corrected chi connectivity index (χ2v) is 6.24. The molecule has 0 radical (unpaired) electrons. The molecule has 4 nitrogen and oxygen atoms in total. The van der Waals surface area contributed by atoms with E-state index in [1.54, 1.807) is 12.4 Å². The molecule has 1 N–H and O–H groups in total. The second kappa shape index (κ2) is 7.42. The van der Waals surface area contributed by atoms with Crippen molar-refractivity contribution in [1.29, 1.82) is 0 Å². The molecule has 4 aromatic rings. The van der Waals surface area contributed by atoms with Crippen LogP contribution in [0.5, 0.6) is 11.5 Å². The average molecular weight is 344 g/mol. The Morgan fingerprint density at radius 3 is 2.73 bits per heavy atom. The van der Waals surface area contributed by atoms with Gasteiger partial charge in [-0.3, -0.25) is 4.98 Å². The summed E-state index contributed by atoms with van der Waals surface area (Å²) in [6.07, 6.45) is 3.44. The number of nitrogens with zero attached hydrogens (tertiary/aromatic N) is 1. The fourth-order valence-electron chi connectivity index (χ4n) is 2.92. The van der Waals surface area contributed by atoms with Crippen LogP contribution in [0.3, 0.4) is 0 Å². The van der Waals surface area contributed by atoms with Crippen molar-refractivity contribution in [3.05, 3.63) is 89.9 Å². The van der Waals surface area contributed by atoms with Crippen LogP contribution < -0.4 is 10.1 Å². The minimum atomic E-state index is 0.696. The first-order valence-electron chi connectivity index (χ1n) is 8.63. The predicted octanol–water partition coefficient (Wildman–Crippen LogP) is 5.22. The number of rotatable bonds is 6. The lowest BCUT2D eigenvalue weighted by atomic mass is 10.1. The van der Waals surface area contributed by atoms with Gasteiger partial charge in [0.2, 0.25) is 0 Å². The largest absolute Gasteiger partial charge is 0.460 e. The van der Waals surface area contributed by atoms with Gasteiger partial charge >= 0.3 is 0 Å². The Kier molecular flexibility index (Phi) is 4.67. The topological polar surface area (TPSA) is 47.3 Å². The van der Waals surface area contributed by atoms with Crippen LogP contribution in [0.15, 0.2) is 77.5 Å². The second-order valence-electron chi connectivity index (χ2n) is 6.24. The molecule has 0 atom stereocenters. The molecule has 0 saturated heterocycles. The summed E-state index contributed by atoms with van der Waals surface area (Å²) in [6.45, 7) is 3.52. The molecule has 0 amide bonds. The molecule has 2 aromatic carbocycles. The number of aryl methyl sites for hydroxylation is 1. The van der Waals surface area contributed by atoms with E-state index in [1.165, 1.54) is 5.56 Å². The number of hydrogen-bond donors (Lipinski definition) is 1. The summed E-state index contributed by atoms with van der Waals surface area (Å²) in [5.41, 5.74) is 3.23. The van der Waals surface area contributed by atoms with Gasteiger partial charge in [0.25, 0.3) is 0 Å². The highest BCUT2D eigenvalue weighted by molar-refractivity contribution is 5.77. The van der Waals surface area contributed by atoms with Crippen molar-refractivity contribution in [3.63, 3.8) is 0 Å². The molecule has 4 heteroatoms. The summed E-state index contributed by atoms with van der Waals surface area (Å²) in [6, 6.07) is 20.1. The third-order valence-corrected chi connectivity index (χ3v) is 4.21. The summed E-state index contributed by atoms with van der Waals surface area (Å²) in [5, 5.41) is 4.57. The van der Waals surface area contributed by atoms with Gasteiger partial charge in [0.15, 0.2) is 0 Å². The van der Waals surface area contributed by atoms with Crippen molar-refractivity contribution in [1.82, 2.24) is 10.3 Å². The molecule has 0 fully saturated rings. The first-order chi connectivity index (χ1) is 12.8. The fraction of sp³-hybridized carbons (Fsp3) is 0.136. The Bertz CT molecular complexity index is 976. The van der Waals surface area contributed by atoms with Crippen molar-refractivity contribution in [2.75, 3.05) is 0 Å². The highest BCUT2D eigenvalue weighted by Gasteiger charge is 2.05. The monoisotopic (exact) mass is 344 g/mol. The van der Waals surface area contributed by atoms with Gasteiger partial charge < -0.3 is 14.5 Å². The maximum Gasteiger partial charge on any atom is 0.145 e. The lowest BCUT2D eigenvalue weighted by molar-refractivity contribution is 0.476. The van der Waals surface area contributed by atoms with Crippen LogP contribution in [0.25, 0.3) is 11.0 Å². The molecule has 0 spiro atoms. The van der Waals surface area contributed by atoms with Crippen LogP contribution in [0.4, 0.5) is 0 Å². The summed E-state index contributed by atoms with van der Waals surface area (Å²) >= 11 is 0. The van der Waals surface area contributed by atoms with Crippen molar-refractivity contribution in [2.24, 2.45) is 0 Å². The number of fused-ring (bicyclic) bond motifs is 1. The SMILES string of the molecule is Cc1cc(CNCc2cc3ccccc3o2)ccc1Oc1cccnc1. The number of pyridine rings is 1. The highest BCUT2D eigenvalue weighted by Crippen LogP contribution is 2.25. The molecule has 2 heterocycles. The smallest absolute Gasteiger partial charge is 0.145 e. The molecule has 0 aliphatic carbocycles. The molecule has 130 valence electrons. The van der Waals surface area contributed by atoms with E-state index in [1.807, 2.05) is 36.4 Å². The van der Waals surface area contributed by atoms with Gasteiger partial charge in [-0.25, -0.2) is 0 Å². The van der Waals surface area contributed by atoms with Crippen LogP contribution in [0.1, 0.15) is 16.9 Å². The van der Waals surface area contributed by atoms with E-state index in [2.05, 4.69) is 41.5 Å². The molecule has 0 aliphatic heterocycles. The van der Waals surface area contributed by atoms with Crippen LogP contribution in [0.2, 0.25) is 0 Å². The Morgan fingerprint density at radius 2 is 1.92 bits per heavy atom. The zero-order valence-electron chi connectivity index (χ0n) is 14.6. The maximum absolute atomic E-state index is 5.87. The molecular weight excluding hydrogens is 324 g/mol. The first kappa shape index (κ1) is 16.4. The Morgan fingerprint density at radius 1 is 1.00 bits per heavy atom. The minimum Gasteiger partial charge on any atom is -0.460 e. The molecule has 2 aromatic heterocycles. The quantitative estimate of drug-likeness (QED) is 0.521. The Hall–Kier alpha value is -3.11. The number of furan rings is 1. The van der Waals surface area contributed by atoms with Gasteiger partial charge in [-0.05, 0) is 48.4 Å². The van der Waals surface area contributed by atoms with Crippen molar-refractivity contribution in [3.8, 4) is 11.5 Å². The van der Waals surface area contributed by atoms with Crippen molar-refractivity contribution < 1.29 is 9.15 Å². The molecule has 4 rings (SSSR count). The van der Waals surface area contributed by atoms with E-state index in [-0.39, 0.29) is 0 Å². The summed E-state index contributed by atoms with van der Waals surface area (Å²) in [4.78, 5) is 4.07. The lowest BCUT2D eigenvalue weighted by Gasteiger charge is -2.10. The summed E-state index contributed by atoms with van der Waals surface area (Å²) < 4.78 is 11.7. The molecule has 26 heavy (non-hydrogen) atoms. The predicted molar refractivity (Wildman–Crippen MR) is 102 cm³/mol. The van der Waals surface area contributed by atoms with E-state index >= 15 is 0 Å². The lowest BCUT2D eigenvalue weighted by Crippen LogP contribution is -2.12. The van der Waals surface area contributed by atoms with E-state index in [0.29, 0.717) is 6.54 Å². The van der Waals surface area contributed by atoms with Crippen LogP contribution in [0, 0.1) is 6.92 Å². The van der Waals surface area contributed by atoms with Crippen molar-refractivity contribution >= 4 is 11.0 Å². The minimum absolute atomic E-state index is 0.696. The number of para-hydroxylation sites is 1. The Balaban J connectivity index is 1.37. The number of benzene rings is 2. The number of aromatic nitrogens is 1. The van der Waals surface area contributed by atoms with Crippen LogP contribution in [-0.2, 0) is 13.1 Å². The summed E-state index contributed by atoms with van der Waals surface area (Å²) in [7, 11) is 0. The first-order valence-corrected chi connectivity index (χ1v) is 8.63. The van der Waals surface area contributed by atoms with E-state index in [0.717, 1.165) is 40.3 Å². The van der Waals surface area contributed by atoms with E-state index < -0.39 is 0 Å². The van der Waals surface area contributed by atoms with Gasteiger partial charge in [0.1, 0.15) is 22.8 Å². The highest BCUT2D eigenvalue weighted by atomic mass is 16.5. The molecule has 0 bridgehead atoms. The maximum atomic E-state index is 5.87. The van der Waals surface area contributed by atoms with Crippen LogP contribution >= 0.6 is 0 Å². The molecule has 0 unspecified atom stereocenters. The zero-order chi connectivity index (χ0) is 17.8. The van der Waals surface area contributed by atoms with Gasteiger partial charge in [0.05, 0.1) is 12.7 Å². The van der Waals surface area contributed by atoms with Gasteiger partial charge in [0, 0.05) is 18.1 Å². The van der Waals surface area contributed by atoms with Crippen molar-refractivity contribution in [2.45, 2.75) is 20.0 Å². The fourth-order valence-corrected chi connectivity index (χ4v) is 2.92. The zero-order valence-corrected chi connectivity index (χ0v) is 14.6. The average Bonchev–Trinajstić information content (AvgIpc) is 3.07. The standard InChI is InChI=1S/C22H20N2O2/c1-16-11-17(8-9-21(16)25-19-6-4-10-23-14-19)13-24-15-20-12-18-5-2-3-7-22(18)26-20/h2-12,14,24H,13,15H2,1H3. The normalized spacial score (nSPS) is 11.0. The number of ether oxygens (including phenoxy) is 1. The Labute approximate surface area is 152 Å². The van der Waals surface area contributed by atoms with E-state index in [4.69, 9.17) is 9.15 Å². The number of hydrogen-bond acceptors (Lipinski definition) is 4. The van der Waals surface area contributed by atoms with Crippen LogP contribution in [-0.4, -0.2) is 4.98 Å². The van der Waals surface area contributed by atoms with Gasteiger partial charge in [-0.1, -0.05) is 30.3 Å². The molecule has 0 aliphatic rings.